The number of rotatable bonds is 7. The predicted octanol–water partition coefficient (Wildman–Crippen LogP) is 3.72. The number of piperidine rings is 1. The Kier molecular flexibility index (Phi) is 8.64. The fraction of sp³-hybridized carbons (Fsp3) is 0.391. The first-order chi connectivity index (χ1) is 15.4. The molecule has 0 unspecified atom stereocenters. The van der Waals surface area contributed by atoms with Crippen molar-refractivity contribution in [1.29, 1.82) is 0 Å². The lowest BCUT2D eigenvalue weighted by Crippen LogP contribution is -2.29. The maximum absolute atomic E-state index is 12.5. The predicted molar refractivity (Wildman–Crippen MR) is 128 cm³/mol. The summed E-state index contributed by atoms with van der Waals surface area (Å²) in [6, 6.07) is 1.70. The quantitative estimate of drug-likeness (QED) is 0.490. The highest BCUT2D eigenvalue weighted by Crippen LogP contribution is 2.29. The normalized spacial score (nSPS) is 15.3. The van der Waals surface area contributed by atoms with Gasteiger partial charge in [-0.05, 0) is 44.7 Å². The van der Waals surface area contributed by atoms with Crippen molar-refractivity contribution in [2.45, 2.75) is 32.4 Å². The van der Waals surface area contributed by atoms with E-state index in [0.717, 1.165) is 54.5 Å². The zero-order chi connectivity index (χ0) is 22.9. The van der Waals surface area contributed by atoms with Crippen molar-refractivity contribution < 1.29 is 4.79 Å². The molecule has 1 fully saturated rings. The summed E-state index contributed by atoms with van der Waals surface area (Å²) in [4.78, 5) is 21.2. The number of aromatic nitrogens is 5. The van der Waals surface area contributed by atoms with Crippen LogP contribution in [-0.2, 0) is 12.8 Å². The summed E-state index contributed by atoms with van der Waals surface area (Å²) in [5.41, 5.74) is 3.29. The standard InChI is InChI=1S/C23H31N7OS/c1-17(12-18(2)27-23(31)21-13-24-8-5-9-25-26-14-21)20-6-10-30(11-7-20)32-16-22-15-29(4)19(3)28-22/h5,8-9,12-15,20,25H,1,6-7,10-11,16H2,2-4H3,(H,27,31)/b9-5?,18-12+,21-13?,24-8?,26-14?. The van der Waals surface area contributed by atoms with Crippen molar-refractivity contribution in [3.63, 3.8) is 0 Å². The Hall–Kier alpha value is -2.91. The molecular weight excluding hydrogens is 422 g/mol. The molecule has 3 heterocycles. The van der Waals surface area contributed by atoms with Crippen LogP contribution in [-0.4, -0.2) is 48.0 Å². The van der Waals surface area contributed by atoms with E-state index < -0.39 is 0 Å². The lowest BCUT2D eigenvalue weighted by atomic mass is 9.90. The Morgan fingerprint density at radius 3 is 2.88 bits per heavy atom. The van der Waals surface area contributed by atoms with E-state index in [2.05, 4.69) is 47.1 Å². The van der Waals surface area contributed by atoms with Gasteiger partial charge in [-0.3, -0.25) is 19.2 Å². The lowest BCUT2D eigenvalue weighted by molar-refractivity contribution is 0.0965. The molecule has 3 rings (SSSR count). The molecule has 32 heavy (non-hydrogen) atoms. The minimum Gasteiger partial charge on any atom is -0.338 e. The number of H-pyrrole nitrogens is 1. The van der Waals surface area contributed by atoms with Crippen LogP contribution >= 0.6 is 11.9 Å². The van der Waals surface area contributed by atoms with Crippen molar-refractivity contribution in [2.75, 3.05) is 13.1 Å². The van der Waals surface area contributed by atoms with Crippen LogP contribution < -0.4 is 5.32 Å². The number of imidazole rings is 1. The number of nitrogens with one attached hydrogen (secondary N) is 2. The minimum atomic E-state index is -0.257. The molecule has 1 aliphatic heterocycles. The van der Waals surface area contributed by atoms with E-state index in [4.69, 9.17) is 0 Å². The fourth-order valence-corrected chi connectivity index (χ4v) is 4.38. The van der Waals surface area contributed by atoms with Crippen LogP contribution in [0.25, 0.3) is 0 Å². The fourth-order valence-electron chi connectivity index (χ4n) is 3.46. The number of aromatic amines is 1. The van der Waals surface area contributed by atoms with Crippen LogP contribution in [0.1, 0.15) is 41.6 Å². The van der Waals surface area contributed by atoms with Crippen molar-refractivity contribution >= 4 is 17.9 Å². The van der Waals surface area contributed by atoms with Gasteiger partial charge in [-0.1, -0.05) is 24.1 Å². The van der Waals surface area contributed by atoms with Gasteiger partial charge in [0.25, 0.3) is 5.91 Å². The molecule has 9 heteroatoms. The third kappa shape index (κ3) is 7.06. The van der Waals surface area contributed by atoms with Crippen molar-refractivity contribution in [3.8, 4) is 0 Å². The Morgan fingerprint density at radius 1 is 1.38 bits per heavy atom. The summed E-state index contributed by atoms with van der Waals surface area (Å²) in [5.74, 6) is 2.10. The first-order valence-corrected chi connectivity index (χ1v) is 11.6. The smallest absolute Gasteiger partial charge is 0.258 e. The van der Waals surface area contributed by atoms with Gasteiger partial charge in [-0.25, -0.2) is 4.98 Å². The summed E-state index contributed by atoms with van der Waals surface area (Å²) in [6.45, 7) is 10.2. The number of carbonyl (C=O) groups is 1. The number of nitrogens with zero attached hydrogens (tertiary/aromatic N) is 5. The zero-order valence-electron chi connectivity index (χ0n) is 18.9. The molecular formula is C23H31N7OS. The zero-order valence-corrected chi connectivity index (χ0v) is 19.7. The monoisotopic (exact) mass is 453 g/mol. The minimum absolute atomic E-state index is 0.257. The van der Waals surface area contributed by atoms with Crippen LogP contribution in [0, 0.1) is 12.8 Å². The molecule has 1 amide bonds. The molecule has 1 saturated heterocycles. The van der Waals surface area contributed by atoms with Crippen LogP contribution in [0.15, 0.2) is 61.0 Å². The largest absolute Gasteiger partial charge is 0.338 e. The van der Waals surface area contributed by atoms with Gasteiger partial charge in [0, 0.05) is 50.6 Å². The molecule has 2 N–H and O–H groups in total. The number of carbonyl (C=O) groups excluding carboxylic acids is 1. The van der Waals surface area contributed by atoms with Gasteiger partial charge >= 0.3 is 0 Å². The topological polar surface area (TPSA) is 91.7 Å². The Bertz CT molecular complexity index is 973. The maximum Gasteiger partial charge on any atom is 0.258 e. The number of hydrogen-bond donors (Lipinski definition) is 2. The summed E-state index contributed by atoms with van der Waals surface area (Å²) >= 11 is 1.84. The lowest BCUT2D eigenvalue weighted by Gasteiger charge is -2.31. The van der Waals surface area contributed by atoms with Crippen molar-refractivity contribution in [1.82, 2.24) is 34.4 Å². The van der Waals surface area contributed by atoms with E-state index in [9.17, 15) is 4.79 Å². The van der Waals surface area contributed by atoms with Crippen molar-refractivity contribution in [3.05, 3.63) is 78.1 Å². The molecule has 8 nitrogen and oxygen atoms in total. The first kappa shape index (κ1) is 23.7. The average molecular weight is 454 g/mol. The molecule has 2 aromatic heterocycles. The van der Waals surface area contributed by atoms with Crippen LogP contribution in [0.5, 0.6) is 0 Å². The van der Waals surface area contributed by atoms with E-state index in [-0.39, 0.29) is 5.91 Å². The van der Waals surface area contributed by atoms with Crippen molar-refractivity contribution in [2.24, 2.45) is 13.0 Å². The second-order valence-corrected chi connectivity index (χ2v) is 8.92. The van der Waals surface area contributed by atoms with Gasteiger partial charge in [0.05, 0.1) is 23.2 Å². The third-order valence-electron chi connectivity index (χ3n) is 5.34. The van der Waals surface area contributed by atoms with Crippen LogP contribution in [0.4, 0.5) is 0 Å². The third-order valence-corrected chi connectivity index (χ3v) is 6.50. The van der Waals surface area contributed by atoms with Gasteiger partial charge in [-0.15, -0.1) is 0 Å². The SMILES string of the molecule is C=C(/C=C(\C)NC(=O)c1cnccc[nH]nc1)C1CCN(SCc2cn(C)c(C)n2)CC1. The molecule has 170 valence electrons. The van der Waals surface area contributed by atoms with Gasteiger partial charge < -0.3 is 9.88 Å². The van der Waals surface area contributed by atoms with E-state index >= 15 is 0 Å². The molecule has 0 bridgehead atoms. The van der Waals surface area contributed by atoms with Gasteiger partial charge in [0.2, 0.25) is 0 Å². The molecule has 2 aromatic rings. The Morgan fingerprint density at radius 2 is 2.16 bits per heavy atom. The molecule has 0 radical (unpaired) electrons. The van der Waals surface area contributed by atoms with E-state index in [1.165, 1.54) is 12.4 Å². The number of allylic oxidation sites excluding steroid dienone is 3. The molecule has 0 aromatic carbocycles. The highest BCUT2D eigenvalue weighted by Gasteiger charge is 2.21. The number of hydrogen-bond acceptors (Lipinski definition) is 6. The highest BCUT2D eigenvalue weighted by atomic mass is 32.2. The van der Waals surface area contributed by atoms with Gasteiger partial charge in [0.15, 0.2) is 0 Å². The number of amides is 1. The molecule has 0 aliphatic carbocycles. The Labute approximate surface area is 193 Å². The molecule has 0 atom stereocenters. The maximum atomic E-state index is 12.5. The number of aryl methyl sites for hydroxylation is 2. The van der Waals surface area contributed by atoms with Crippen LogP contribution in [0.2, 0.25) is 0 Å². The molecule has 0 saturated carbocycles. The molecule has 1 aliphatic rings. The second kappa shape index (κ2) is 11.6. The van der Waals surface area contributed by atoms with E-state index in [0.29, 0.717) is 11.5 Å². The highest BCUT2D eigenvalue weighted by molar-refractivity contribution is 7.96. The summed E-state index contributed by atoms with van der Waals surface area (Å²) in [7, 11) is 2.03. The second-order valence-electron chi connectivity index (χ2n) is 7.85. The first-order valence-electron chi connectivity index (χ1n) is 10.6. The average Bonchev–Trinajstić information content (AvgIpc) is 3.16. The van der Waals surface area contributed by atoms with Crippen LogP contribution in [0.3, 0.4) is 0 Å². The van der Waals surface area contributed by atoms with Gasteiger partial charge in [0.1, 0.15) is 5.82 Å². The molecule has 0 spiro atoms. The summed E-state index contributed by atoms with van der Waals surface area (Å²) in [5, 5.41) is 9.56. The van der Waals surface area contributed by atoms with Gasteiger partial charge in [-0.2, -0.15) is 5.10 Å². The van der Waals surface area contributed by atoms with E-state index in [1.807, 2.05) is 38.9 Å². The summed E-state index contributed by atoms with van der Waals surface area (Å²) in [6.07, 6.45) is 12.3. The van der Waals surface area contributed by atoms with E-state index in [1.54, 1.807) is 18.5 Å². The summed E-state index contributed by atoms with van der Waals surface area (Å²) < 4.78 is 4.47. The Balaban J connectivity index is 1.48.